The third-order valence-corrected chi connectivity index (χ3v) is 4.50. The molecular formula is C16H30BrN3O. The number of hydrogen-bond acceptors (Lipinski definition) is 3. The minimum atomic E-state index is 0.443. The first-order chi connectivity index (χ1) is 10.1. The summed E-state index contributed by atoms with van der Waals surface area (Å²) in [5.41, 5.74) is 2.42. The van der Waals surface area contributed by atoms with E-state index in [2.05, 4.69) is 47.1 Å². The van der Waals surface area contributed by atoms with Crippen molar-refractivity contribution in [1.29, 1.82) is 0 Å². The van der Waals surface area contributed by atoms with Crippen molar-refractivity contribution in [3.05, 3.63) is 15.9 Å². The number of aryl methyl sites for hydroxylation is 2. The van der Waals surface area contributed by atoms with Gasteiger partial charge < -0.3 is 10.1 Å². The van der Waals surface area contributed by atoms with Crippen LogP contribution in [0.1, 0.15) is 51.4 Å². The van der Waals surface area contributed by atoms with Crippen LogP contribution in [0.5, 0.6) is 0 Å². The van der Waals surface area contributed by atoms with Crippen molar-refractivity contribution in [2.75, 3.05) is 19.8 Å². The quantitative estimate of drug-likeness (QED) is 0.614. The molecule has 122 valence electrons. The van der Waals surface area contributed by atoms with Gasteiger partial charge in [0.05, 0.1) is 15.9 Å². The van der Waals surface area contributed by atoms with E-state index < -0.39 is 0 Å². The fourth-order valence-corrected chi connectivity index (χ4v) is 3.15. The maximum atomic E-state index is 5.64. The Hall–Kier alpha value is -0.390. The van der Waals surface area contributed by atoms with Crippen molar-refractivity contribution in [1.82, 2.24) is 15.1 Å². The average Bonchev–Trinajstić information content (AvgIpc) is 2.75. The third kappa shape index (κ3) is 6.09. The van der Waals surface area contributed by atoms with E-state index in [4.69, 9.17) is 4.74 Å². The molecule has 0 aliphatic heterocycles. The Morgan fingerprint density at radius 2 is 2.00 bits per heavy atom. The fourth-order valence-electron chi connectivity index (χ4n) is 2.37. The summed E-state index contributed by atoms with van der Waals surface area (Å²) in [5.74, 6) is 0. The van der Waals surface area contributed by atoms with Crippen molar-refractivity contribution in [3.8, 4) is 0 Å². The second-order valence-electron chi connectivity index (χ2n) is 5.44. The summed E-state index contributed by atoms with van der Waals surface area (Å²) in [6.45, 7) is 9.22. The van der Waals surface area contributed by atoms with E-state index in [0.717, 1.165) is 57.6 Å². The first kappa shape index (κ1) is 18.7. The van der Waals surface area contributed by atoms with Gasteiger partial charge in [0.2, 0.25) is 0 Å². The molecule has 0 aliphatic rings. The highest BCUT2D eigenvalue weighted by Crippen LogP contribution is 2.23. The Bertz CT molecular complexity index is 406. The summed E-state index contributed by atoms with van der Waals surface area (Å²) in [7, 11) is 2.03. The highest BCUT2D eigenvalue weighted by molar-refractivity contribution is 9.10. The lowest BCUT2D eigenvalue weighted by Crippen LogP contribution is -2.33. The predicted molar refractivity (Wildman–Crippen MR) is 91.8 cm³/mol. The zero-order chi connectivity index (χ0) is 15.7. The Morgan fingerprint density at radius 1 is 1.24 bits per heavy atom. The van der Waals surface area contributed by atoms with Gasteiger partial charge in [-0.3, -0.25) is 4.68 Å². The van der Waals surface area contributed by atoms with Crippen LogP contribution in [0.15, 0.2) is 4.47 Å². The summed E-state index contributed by atoms with van der Waals surface area (Å²) in [4.78, 5) is 0. The largest absolute Gasteiger partial charge is 0.381 e. The lowest BCUT2D eigenvalue weighted by atomic mass is 10.1. The summed E-state index contributed by atoms with van der Waals surface area (Å²) in [6.07, 6.45) is 5.22. The maximum Gasteiger partial charge on any atom is 0.0766 e. The van der Waals surface area contributed by atoms with Crippen molar-refractivity contribution in [3.63, 3.8) is 0 Å². The second kappa shape index (κ2) is 10.4. The van der Waals surface area contributed by atoms with E-state index in [-0.39, 0.29) is 0 Å². The number of ether oxygens (including phenoxy) is 1. The number of nitrogens with one attached hydrogen (secondary N) is 1. The normalized spacial score (nSPS) is 12.8. The lowest BCUT2D eigenvalue weighted by Gasteiger charge is -2.19. The molecule has 0 aromatic carbocycles. The number of nitrogens with zero attached hydrogens (tertiary/aromatic N) is 2. The van der Waals surface area contributed by atoms with Crippen LogP contribution in [-0.2, 0) is 24.6 Å². The van der Waals surface area contributed by atoms with Gasteiger partial charge in [-0.2, -0.15) is 5.10 Å². The van der Waals surface area contributed by atoms with E-state index >= 15 is 0 Å². The summed E-state index contributed by atoms with van der Waals surface area (Å²) in [6, 6.07) is 0.443. The van der Waals surface area contributed by atoms with E-state index in [9.17, 15) is 0 Å². The summed E-state index contributed by atoms with van der Waals surface area (Å²) in [5, 5.41) is 8.22. The predicted octanol–water partition coefficient (Wildman–Crippen LogP) is 3.47. The molecular weight excluding hydrogens is 330 g/mol. The number of halogens is 1. The molecule has 1 heterocycles. The standard InChI is InChI=1S/C16H30BrN3O/c1-5-9-18-13(8-11-21-10-6-2)12-15-16(17)14(7-3)19-20(15)4/h13,18H,5-12H2,1-4H3. The maximum absolute atomic E-state index is 5.64. The number of aromatic nitrogens is 2. The summed E-state index contributed by atoms with van der Waals surface area (Å²) >= 11 is 3.71. The molecule has 0 aliphatic carbocycles. The van der Waals surface area contributed by atoms with Gasteiger partial charge >= 0.3 is 0 Å². The van der Waals surface area contributed by atoms with E-state index in [1.54, 1.807) is 0 Å². The average molecular weight is 360 g/mol. The van der Waals surface area contributed by atoms with Crippen LogP contribution in [0, 0.1) is 0 Å². The fraction of sp³-hybridized carbons (Fsp3) is 0.812. The van der Waals surface area contributed by atoms with Crippen molar-refractivity contribution >= 4 is 15.9 Å². The van der Waals surface area contributed by atoms with Gasteiger partial charge in [-0.15, -0.1) is 0 Å². The third-order valence-electron chi connectivity index (χ3n) is 3.58. The summed E-state index contributed by atoms with van der Waals surface area (Å²) < 4.78 is 8.83. The Labute approximate surface area is 137 Å². The van der Waals surface area contributed by atoms with Gasteiger partial charge in [-0.25, -0.2) is 0 Å². The molecule has 0 saturated carbocycles. The van der Waals surface area contributed by atoms with Crippen molar-refractivity contribution in [2.24, 2.45) is 7.05 Å². The van der Waals surface area contributed by atoms with Gasteiger partial charge in [0.25, 0.3) is 0 Å². The Kier molecular flexibility index (Phi) is 9.20. The topological polar surface area (TPSA) is 39.1 Å². The van der Waals surface area contributed by atoms with Gasteiger partial charge in [0, 0.05) is 32.7 Å². The van der Waals surface area contributed by atoms with Crippen LogP contribution in [0.2, 0.25) is 0 Å². The Balaban J connectivity index is 2.64. The molecule has 0 radical (unpaired) electrons. The first-order valence-corrected chi connectivity index (χ1v) is 8.94. The molecule has 1 aromatic rings. The minimum absolute atomic E-state index is 0.443. The minimum Gasteiger partial charge on any atom is -0.381 e. The molecule has 0 fully saturated rings. The van der Waals surface area contributed by atoms with Crippen LogP contribution >= 0.6 is 15.9 Å². The molecule has 1 N–H and O–H groups in total. The second-order valence-corrected chi connectivity index (χ2v) is 6.23. The molecule has 1 aromatic heterocycles. The molecule has 5 heteroatoms. The molecule has 0 saturated heterocycles. The molecule has 1 rings (SSSR count). The number of rotatable bonds is 11. The molecule has 1 atom stereocenters. The molecule has 4 nitrogen and oxygen atoms in total. The molecule has 1 unspecified atom stereocenters. The van der Waals surface area contributed by atoms with E-state index in [1.165, 1.54) is 10.2 Å². The van der Waals surface area contributed by atoms with Crippen LogP contribution < -0.4 is 5.32 Å². The zero-order valence-corrected chi connectivity index (χ0v) is 15.5. The van der Waals surface area contributed by atoms with Crippen molar-refractivity contribution in [2.45, 2.75) is 58.9 Å². The lowest BCUT2D eigenvalue weighted by molar-refractivity contribution is 0.124. The van der Waals surface area contributed by atoms with Crippen LogP contribution in [-0.4, -0.2) is 35.6 Å². The van der Waals surface area contributed by atoms with Gasteiger partial charge in [0.15, 0.2) is 0 Å². The van der Waals surface area contributed by atoms with E-state index in [1.807, 2.05) is 11.7 Å². The molecule has 0 amide bonds. The smallest absolute Gasteiger partial charge is 0.0766 e. The van der Waals surface area contributed by atoms with Crippen LogP contribution in [0.25, 0.3) is 0 Å². The molecule has 21 heavy (non-hydrogen) atoms. The van der Waals surface area contributed by atoms with Crippen LogP contribution in [0.4, 0.5) is 0 Å². The zero-order valence-electron chi connectivity index (χ0n) is 13.9. The SMILES string of the molecule is CCCNC(CCOCCC)Cc1c(Br)c(CC)nn1C. The Morgan fingerprint density at radius 3 is 2.57 bits per heavy atom. The van der Waals surface area contributed by atoms with Crippen molar-refractivity contribution < 1.29 is 4.74 Å². The monoisotopic (exact) mass is 359 g/mol. The van der Waals surface area contributed by atoms with Crippen LogP contribution in [0.3, 0.4) is 0 Å². The molecule has 0 spiro atoms. The highest BCUT2D eigenvalue weighted by atomic mass is 79.9. The number of hydrogen-bond donors (Lipinski definition) is 1. The van der Waals surface area contributed by atoms with E-state index in [0.29, 0.717) is 6.04 Å². The van der Waals surface area contributed by atoms with Gasteiger partial charge in [-0.05, 0) is 48.2 Å². The highest BCUT2D eigenvalue weighted by Gasteiger charge is 2.17. The first-order valence-electron chi connectivity index (χ1n) is 8.15. The van der Waals surface area contributed by atoms with Gasteiger partial charge in [0.1, 0.15) is 0 Å². The molecule has 0 bridgehead atoms. The van der Waals surface area contributed by atoms with Gasteiger partial charge in [-0.1, -0.05) is 20.8 Å².